The second kappa shape index (κ2) is 8.43. The van der Waals surface area contributed by atoms with E-state index >= 15 is 0 Å². The summed E-state index contributed by atoms with van der Waals surface area (Å²) >= 11 is 0. The Morgan fingerprint density at radius 2 is 1.65 bits per heavy atom. The molecule has 1 saturated heterocycles. The van der Waals surface area contributed by atoms with E-state index in [1.165, 1.54) is 0 Å². The highest BCUT2D eigenvalue weighted by Crippen LogP contribution is 2.31. The predicted molar refractivity (Wildman–Crippen MR) is 117 cm³/mol. The first kappa shape index (κ1) is 20.9. The third-order valence-electron chi connectivity index (χ3n) is 5.27. The number of aromatic nitrogens is 2. The molecule has 9 heteroatoms. The lowest BCUT2D eigenvalue weighted by molar-refractivity contribution is 0.102. The second-order valence-electron chi connectivity index (χ2n) is 7.33. The molecule has 0 unspecified atom stereocenters. The van der Waals surface area contributed by atoms with Crippen LogP contribution in [0.5, 0.6) is 11.5 Å². The van der Waals surface area contributed by atoms with E-state index in [2.05, 4.69) is 10.4 Å². The Bertz CT molecular complexity index is 1180. The van der Waals surface area contributed by atoms with E-state index < -0.39 is 9.84 Å². The molecule has 162 valence electrons. The van der Waals surface area contributed by atoms with Crippen LogP contribution in [0, 0.1) is 0 Å². The normalized spacial score (nSPS) is 17.3. The molecule has 2 aromatic carbocycles. The van der Waals surface area contributed by atoms with Gasteiger partial charge in [0, 0.05) is 17.2 Å². The maximum atomic E-state index is 12.8. The number of hydrogen-bond donors (Lipinski definition) is 1. The van der Waals surface area contributed by atoms with Gasteiger partial charge in [0.25, 0.3) is 5.91 Å². The zero-order valence-electron chi connectivity index (χ0n) is 17.2. The molecule has 1 fully saturated rings. The van der Waals surface area contributed by atoms with Crippen molar-refractivity contribution in [3.63, 3.8) is 0 Å². The van der Waals surface area contributed by atoms with Gasteiger partial charge in [-0.15, -0.1) is 0 Å². The fourth-order valence-electron chi connectivity index (χ4n) is 3.57. The van der Waals surface area contributed by atoms with E-state index in [4.69, 9.17) is 9.47 Å². The van der Waals surface area contributed by atoms with E-state index in [1.54, 1.807) is 49.2 Å². The summed E-state index contributed by atoms with van der Waals surface area (Å²) in [5.41, 5.74) is 1.93. The molecular formula is C22H23N3O5S. The van der Waals surface area contributed by atoms with Gasteiger partial charge < -0.3 is 14.8 Å². The van der Waals surface area contributed by atoms with Crippen molar-refractivity contribution in [2.45, 2.75) is 12.5 Å². The van der Waals surface area contributed by atoms with Crippen LogP contribution >= 0.6 is 0 Å². The number of carbonyl (C=O) groups excluding carboxylic acids is 1. The second-order valence-corrected chi connectivity index (χ2v) is 9.56. The lowest BCUT2D eigenvalue weighted by Gasteiger charge is -2.14. The number of benzene rings is 2. The van der Waals surface area contributed by atoms with Crippen molar-refractivity contribution >= 4 is 21.6 Å². The number of ether oxygens (including phenoxy) is 2. The summed E-state index contributed by atoms with van der Waals surface area (Å²) in [5.74, 6) is 1.63. The first-order chi connectivity index (χ1) is 14.9. The first-order valence-electron chi connectivity index (χ1n) is 9.78. The van der Waals surface area contributed by atoms with Crippen molar-refractivity contribution in [2.24, 2.45) is 0 Å². The van der Waals surface area contributed by atoms with Crippen molar-refractivity contribution in [3.05, 3.63) is 60.2 Å². The maximum absolute atomic E-state index is 12.8. The molecule has 1 atom stereocenters. The van der Waals surface area contributed by atoms with Crippen molar-refractivity contribution in [1.29, 1.82) is 0 Å². The molecular weight excluding hydrogens is 418 g/mol. The highest BCUT2D eigenvalue weighted by molar-refractivity contribution is 7.91. The Balaban J connectivity index is 1.66. The van der Waals surface area contributed by atoms with Gasteiger partial charge in [-0.3, -0.25) is 4.79 Å². The lowest BCUT2D eigenvalue weighted by atomic mass is 10.1. The minimum Gasteiger partial charge on any atom is -0.497 e. The molecule has 1 amide bonds. The zero-order chi connectivity index (χ0) is 22.0. The van der Waals surface area contributed by atoms with Crippen molar-refractivity contribution < 1.29 is 22.7 Å². The highest BCUT2D eigenvalue weighted by atomic mass is 32.2. The van der Waals surface area contributed by atoms with Crippen LogP contribution in [0.3, 0.4) is 0 Å². The number of anilines is 1. The summed E-state index contributed by atoms with van der Waals surface area (Å²) in [6.07, 6.45) is 0.456. The fraction of sp³-hybridized carbons (Fsp3) is 0.273. The largest absolute Gasteiger partial charge is 0.497 e. The molecule has 1 aliphatic heterocycles. The van der Waals surface area contributed by atoms with Crippen molar-refractivity contribution in [1.82, 2.24) is 9.78 Å². The minimum absolute atomic E-state index is 0.00212. The third kappa shape index (κ3) is 4.56. The van der Waals surface area contributed by atoms with E-state index in [-0.39, 0.29) is 23.5 Å². The molecule has 2 heterocycles. The molecule has 1 N–H and O–H groups in total. The monoisotopic (exact) mass is 441 g/mol. The SMILES string of the molecule is COc1ccc(C(=O)Nc2cc(-c3ccc(OC)cc3)nn2[C@@H]2CCS(=O)(=O)C2)cc1. The van der Waals surface area contributed by atoms with Crippen molar-refractivity contribution in [3.8, 4) is 22.8 Å². The molecule has 8 nitrogen and oxygen atoms in total. The fourth-order valence-corrected chi connectivity index (χ4v) is 5.26. The topological polar surface area (TPSA) is 99.5 Å². The van der Waals surface area contributed by atoms with Gasteiger partial charge in [0.1, 0.15) is 17.3 Å². The third-order valence-corrected chi connectivity index (χ3v) is 7.02. The summed E-state index contributed by atoms with van der Waals surface area (Å²) in [7, 11) is 0.0368. The first-order valence-corrected chi connectivity index (χ1v) is 11.6. The number of amides is 1. The molecule has 0 bridgehead atoms. The zero-order valence-corrected chi connectivity index (χ0v) is 18.1. The molecule has 0 aliphatic carbocycles. The molecule has 0 radical (unpaired) electrons. The minimum atomic E-state index is -3.12. The molecule has 0 spiro atoms. The van der Waals surface area contributed by atoms with Gasteiger partial charge in [0.05, 0.1) is 37.5 Å². The number of nitrogens with one attached hydrogen (secondary N) is 1. The van der Waals surface area contributed by atoms with Gasteiger partial charge in [0.15, 0.2) is 9.84 Å². The van der Waals surface area contributed by atoms with Gasteiger partial charge >= 0.3 is 0 Å². The molecule has 31 heavy (non-hydrogen) atoms. The van der Waals surface area contributed by atoms with Gasteiger partial charge in [-0.2, -0.15) is 5.10 Å². The summed E-state index contributed by atoms with van der Waals surface area (Å²) < 4.78 is 36.0. The van der Waals surface area contributed by atoms with Crippen LogP contribution < -0.4 is 14.8 Å². The van der Waals surface area contributed by atoms with Gasteiger partial charge in [-0.25, -0.2) is 13.1 Å². The Morgan fingerprint density at radius 1 is 1.03 bits per heavy atom. The van der Waals surface area contributed by atoms with Gasteiger partial charge in [-0.1, -0.05) is 0 Å². The molecule has 4 rings (SSSR count). The Kier molecular flexibility index (Phi) is 5.69. The molecule has 1 aliphatic rings. The van der Waals surface area contributed by atoms with Crippen LogP contribution in [-0.2, 0) is 9.84 Å². The molecule has 0 saturated carbocycles. The number of hydrogen-bond acceptors (Lipinski definition) is 6. The van der Waals surface area contributed by atoms with Crippen LogP contribution in [0.15, 0.2) is 54.6 Å². The van der Waals surface area contributed by atoms with Gasteiger partial charge in [0.2, 0.25) is 0 Å². The predicted octanol–water partition coefficient (Wildman–Crippen LogP) is 3.18. The smallest absolute Gasteiger partial charge is 0.256 e. The van der Waals surface area contributed by atoms with E-state index in [1.807, 2.05) is 24.3 Å². The van der Waals surface area contributed by atoms with Crippen LogP contribution in [0.1, 0.15) is 22.8 Å². The highest BCUT2D eigenvalue weighted by Gasteiger charge is 2.32. The van der Waals surface area contributed by atoms with Crippen LogP contribution in [0.4, 0.5) is 5.82 Å². The Morgan fingerprint density at radius 3 is 2.19 bits per heavy atom. The van der Waals surface area contributed by atoms with E-state index in [0.29, 0.717) is 29.2 Å². The number of nitrogens with zero attached hydrogens (tertiary/aromatic N) is 2. The van der Waals surface area contributed by atoms with Crippen molar-refractivity contribution in [2.75, 3.05) is 31.0 Å². The van der Waals surface area contributed by atoms with E-state index in [0.717, 1.165) is 11.3 Å². The van der Waals surface area contributed by atoms with Crippen LogP contribution in [0.25, 0.3) is 11.3 Å². The molecule has 3 aromatic rings. The maximum Gasteiger partial charge on any atom is 0.256 e. The number of rotatable bonds is 6. The average molecular weight is 442 g/mol. The number of sulfone groups is 1. The summed E-state index contributed by atoms with van der Waals surface area (Å²) in [4.78, 5) is 12.8. The van der Waals surface area contributed by atoms with Gasteiger partial charge in [-0.05, 0) is 55.0 Å². The van der Waals surface area contributed by atoms with Crippen LogP contribution in [0.2, 0.25) is 0 Å². The van der Waals surface area contributed by atoms with Crippen LogP contribution in [-0.4, -0.2) is 49.8 Å². The average Bonchev–Trinajstić information content (AvgIpc) is 3.36. The Hall–Kier alpha value is -3.33. The number of methoxy groups -OCH3 is 2. The standard InChI is InChI=1S/C22H23N3O5S/c1-29-18-7-3-15(4-8-18)20-13-21(25(24-20)17-11-12-31(27,28)14-17)23-22(26)16-5-9-19(30-2)10-6-16/h3-10,13,17H,11-12,14H2,1-2H3,(H,23,26)/t17-/m1/s1. The summed E-state index contributed by atoms with van der Waals surface area (Å²) in [5, 5.41) is 7.52. The van der Waals surface area contributed by atoms with E-state index in [9.17, 15) is 13.2 Å². The Labute approximate surface area is 180 Å². The molecule has 1 aromatic heterocycles. The summed E-state index contributed by atoms with van der Waals surface area (Å²) in [6.45, 7) is 0. The quantitative estimate of drug-likeness (QED) is 0.631. The summed E-state index contributed by atoms with van der Waals surface area (Å²) in [6, 6.07) is 15.6. The lowest BCUT2D eigenvalue weighted by Crippen LogP contribution is -2.19. The number of carbonyl (C=O) groups is 1.